The van der Waals surface area contributed by atoms with E-state index in [-0.39, 0.29) is 44.8 Å². The van der Waals surface area contributed by atoms with Crippen molar-refractivity contribution in [2.24, 2.45) is 0 Å². The third kappa shape index (κ3) is 8.03. The Morgan fingerprint density at radius 3 is 1.33 bits per heavy atom. The van der Waals surface area contributed by atoms with Gasteiger partial charge in [-0.1, -0.05) is 71.8 Å². The fourth-order valence-corrected chi connectivity index (χ4v) is 5.47. The maximum atomic E-state index is 7.12. The summed E-state index contributed by atoms with van der Waals surface area (Å²) in [5.41, 5.74) is 14.2. The molecule has 0 bridgehead atoms. The summed E-state index contributed by atoms with van der Waals surface area (Å²) in [6.45, 7) is 0. The van der Waals surface area contributed by atoms with Gasteiger partial charge in [0.05, 0.1) is 11.4 Å². The molecular weight excluding hydrogens is 918 g/mol. The molecule has 8 rings (SSSR count). The average molecular weight is 945 g/mol. The van der Waals surface area contributed by atoms with Gasteiger partial charge >= 0.3 is 44.8 Å². The van der Waals surface area contributed by atoms with E-state index in [1.165, 1.54) is 44.5 Å². The van der Waals surface area contributed by atoms with E-state index in [1.54, 1.807) is 37.2 Å². The van der Waals surface area contributed by atoms with E-state index in [1.807, 2.05) is 12.1 Å². The van der Waals surface area contributed by atoms with Gasteiger partial charge in [-0.15, -0.1) is 35.4 Å². The number of benzene rings is 4. The fourth-order valence-electron chi connectivity index (χ4n) is 5.47. The minimum absolute atomic E-state index is 0. The Bertz CT molecular complexity index is 1830. The molecule has 224 valence electrons. The maximum absolute atomic E-state index is 7.12. The molecule has 2 aromatic heterocycles. The minimum atomic E-state index is 0. The monoisotopic (exact) mass is 944 g/mol. The van der Waals surface area contributed by atoms with Crippen molar-refractivity contribution in [2.45, 2.75) is 19.3 Å². The van der Waals surface area contributed by atoms with Crippen molar-refractivity contribution < 1.29 is 44.8 Å². The molecule has 6 heteroatoms. The van der Waals surface area contributed by atoms with Crippen molar-refractivity contribution in [3.63, 3.8) is 0 Å². The molecular formula is C39H26Au2N4. The number of hydrogen-bond acceptors (Lipinski definition) is 4. The summed E-state index contributed by atoms with van der Waals surface area (Å²) < 4.78 is 0. The molecule has 4 nitrogen and oxygen atoms in total. The summed E-state index contributed by atoms with van der Waals surface area (Å²) in [7, 11) is 0. The molecule has 0 atom stereocenters. The number of fused-ring (bicyclic) bond motifs is 6. The van der Waals surface area contributed by atoms with E-state index in [0.717, 1.165) is 35.4 Å². The van der Waals surface area contributed by atoms with Crippen molar-refractivity contribution in [3.05, 3.63) is 180 Å². The van der Waals surface area contributed by atoms with E-state index in [2.05, 4.69) is 105 Å². The molecule has 0 unspecified atom stereocenters. The van der Waals surface area contributed by atoms with Gasteiger partial charge in [0, 0.05) is 43.6 Å². The number of nitrogens with zero attached hydrogens (tertiary/aromatic N) is 4. The van der Waals surface area contributed by atoms with Crippen LogP contribution < -0.4 is 0 Å². The van der Waals surface area contributed by atoms with Crippen LogP contribution in [0.1, 0.15) is 44.8 Å². The molecule has 0 N–H and O–H groups in total. The van der Waals surface area contributed by atoms with Crippen molar-refractivity contribution in [3.8, 4) is 34.1 Å². The molecule has 6 aromatic rings. The molecule has 0 fully saturated rings. The zero-order valence-corrected chi connectivity index (χ0v) is 28.4. The van der Waals surface area contributed by atoms with Crippen LogP contribution in [-0.4, -0.2) is 19.9 Å². The molecule has 2 aliphatic carbocycles. The Balaban J connectivity index is 0.000000151. The van der Waals surface area contributed by atoms with Crippen LogP contribution in [0.3, 0.4) is 0 Å². The second-order valence-electron chi connectivity index (χ2n) is 10.2. The van der Waals surface area contributed by atoms with Crippen molar-refractivity contribution in [1.29, 1.82) is 0 Å². The molecule has 2 heterocycles. The largest absolute Gasteiger partial charge is 1.00 e. The van der Waals surface area contributed by atoms with E-state index in [9.17, 15) is 0 Å². The first-order chi connectivity index (χ1) is 21.2. The molecule has 0 spiro atoms. The number of aromatic nitrogens is 4. The first kappa shape index (κ1) is 33.5. The van der Waals surface area contributed by atoms with E-state index in [0.29, 0.717) is 6.42 Å². The van der Waals surface area contributed by atoms with Crippen LogP contribution in [0.5, 0.6) is 0 Å². The Hall–Kier alpha value is -4.36. The number of rotatable bonds is 2. The van der Waals surface area contributed by atoms with Crippen LogP contribution in [0.15, 0.2) is 122 Å². The van der Waals surface area contributed by atoms with Gasteiger partial charge in [0.1, 0.15) is 0 Å². The molecule has 2 aliphatic rings. The Labute approximate surface area is 295 Å². The summed E-state index contributed by atoms with van der Waals surface area (Å²) in [5, 5.41) is 0. The zero-order valence-electron chi connectivity index (χ0n) is 24.1. The third-order valence-electron chi connectivity index (χ3n) is 7.47. The molecule has 45 heavy (non-hydrogen) atoms. The van der Waals surface area contributed by atoms with Gasteiger partial charge < -0.3 is 12.8 Å². The molecule has 0 aliphatic heterocycles. The summed E-state index contributed by atoms with van der Waals surface area (Å²) in [6, 6.07) is 29.2. The van der Waals surface area contributed by atoms with Crippen LogP contribution in [0.25, 0.3) is 22.3 Å². The first-order valence-corrected chi connectivity index (χ1v) is 14.0. The predicted octanol–water partition coefficient (Wildman–Crippen LogP) is 7.24. The van der Waals surface area contributed by atoms with E-state index < -0.39 is 0 Å². The quantitative estimate of drug-likeness (QED) is 0.104. The number of hydrogen-bond donors (Lipinski definition) is 0. The van der Waals surface area contributed by atoms with Crippen LogP contribution in [0.2, 0.25) is 0 Å². The summed E-state index contributed by atoms with van der Waals surface area (Å²) in [6.07, 6.45) is 27.0. The van der Waals surface area contributed by atoms with Crippen molar-refractivity contribution in [2.75, 3.05) is 0 Å². The van der Waals surface area contributed by atoms with Gasteiger partial charge in [-0.25, -0.2) is 0 Å². The Kier molecular flexibility index (Phi) is 12.0. The summed E-state index contributed by atoms with van der Waals surface area (Å²) >= 11 is 0. The van der Waals surface area contributed by atoms with E-state index in [4.69, 9.17) is 12.8 Å². The topological polar surface area (TPSA) is 51.6 Å². The third-order valence-corrected chi connectivity index (χ3v) is 7.47. The molecule has 0 amide bonds. The second-order valence-corrected chi connectivity index (χ2v) is 10.2. The van der Waals surface area contributed by atoms with Gasteiger partial charge in [0.2, 0.25) is 0 Å². The Morgan fingerprint density at radius 1 is 0.511 bits per heavy atom. The van der Waals surface area contributed by atoms with Gasteiger partial charge in [0.15, 0.2) is 0 Å². The Morgan fingerprint density at radius 2 is 0.933 bits per heavy atom. The zero-order chi connectivity index (χ0) is 29.4. The molecule has 4 aromatic carbocycles. The maximum Gasteiger partial charge on any atom is 1.00 e. The van der Waals surface area contributed by atoms with Gasteiger partial charge in [0.25, 0.3) is 0 Å². The molecule has 0 radical (unpaired) electrons. The summed E-state index contributed by atoms with van der Waals surface area (Å²) in [5.74, 6) is 4.87. The van der Waals surface area contributed by atoms with Crippen LogP contribution in [0.4, 0.5) is 0 Å². The SMILES string of the molecule is [Au+].[Au+].[C-]#Cc1ccc2c(c1)Cc1ccccc1-2.[C-]#Cc1ccc2c(c1)Cc1ccccc1-2.c1cnc(Cc2cnccn2)cn1. The van der Waals surface area contributed by atoms with Crippen LogP contribution in [0, 0.1) is 24.7 Å². The van der Waals surface area contributed by atoms with Gasteiger partial charge in [-0.05, 0) is 46.2 Å². The smallest absolute Gasteiger partial charge is 0.366 e. The van der Waals surface area contributed by atoms with Crippen LogP contribution >= 0.6 is 0 Å². The first-order valence-electron chi connectivity index (χ1n) is 14.0. The molecule has 0 saturated heterocycles. The predicted molar refractivity (Wildman–Crippen MR) is 169 cm³/mol. The standard InChI is InChI=1S/2C15H9.C9H8N4.2Au/c2*1-2-11-7-8-15-13(9-11)10-12-5-3-4-6-14(12)15;1-3-12-8(6-10-1)5-9-7-11-2-4-13-9;;/h2*3-9H,10H2;1-4,6-7H,5H2;;/q2*-1;;2*+1. The van der Waals surface area contributed by atoms with Crippen LogP contribution in [-0.2, 0) is 64.0 Å². The van der Waals surface area contributed by atoms with Crippen molar-refractivity contribution >= 4 is 0 Å². The van der Waals surface area contributed by atoms with Gasteiger partial charge in [-0.2, -0.15) is 0 Å². The summed E-state index contributed by atoms with van der Waals surface area (Å²) in [4.78, 5) is 16.2. The van der Waals surface area contributed by atoms with Gasteiger partial charge in [-0.3, -0.25) is 31.8 Å². The average Bonchev–Trinajstić information content (AvgIpc) is 3.63. The van der Waals surface area contributed by atoms with Crippen molar-refractivity contribution in [1.82, 2.24) is 19.9 Å². The molecule has 0 saturated carbocycles. The van der Waals surface area contributed by atoms with E-state index >= 15 is 0 Å². The fraction of sp³-hybridized carbons (Fsp3) is 0.0769. The minimum Gasteiger partial charge on any atom is -0.366 e. The normalized spacial score (nSPS) is 10.6. The second kappa shape index (κ2) is 16.1.